The molecule has 0 aliphatic carbocycles. The lowest BCUT2D eigenvalue weighted by Crippen LogP contribution is -2.35. The van der Waals surface area contributed by atoms with E-state index in [0.717, 1.165) is 19.3 Å². The van der Waals surface area contributed by atoms with E-state index in [4.69, 9.17) is 0 Å². The maximum Gasteiger partial charge on any atom is 0.255 e. The largest absolute Gasteiger partial charge is 0.322 e. The number of nitrogens with zero attached hydrogens (tertiary/aromatic N) is 2. The summed E-state index contributed by atoms with van der Waals surface area (Å²) in [5.74, 6) is -0.301. The number of amides is 1. The topological polar surface area (TPSA) is 79.4 Å². The molecule has 1 saturated heterocycles. The summed E-state index contributed by atoms with van der Waals surface area (Å²) in [4.78, 5) is 16.3. The smallest absolute Gasteiger partial charge is 0.255 e. The Morgan fingerprint density at radius 3 is 2.46 bits per heavy atom. The van der Waals surface area contributed by atoms with Gasteiger partial charge in [0, 0.05) is 36.7 Å². The van der Waals surface area contributed by atoms with Crippen LogP contribution in [0.1, 0.15) is 29.6 Å². The van der Waals surface area contributed by atoms with Crippen molar-refractivity contribution >= 4 is 21.6 Å². The van der Waals surface area contributed by atoms with Gasteiger partial charge in [0.1, 0.15) is 0 Å². The van der Waals surface area contributed by atoms with E-state index in [-0.39, 0.29) is 10.8 Å². The first-order valence-electron chi connectivity index (χ1n) is 7.89. The van der Waals surface area contributed by atoms with Gasteiger partial charge in [-0.3, -0.25) is 9.78 Å². The predicted octanol–water partition coefficient (Wildman–Crippen LogP) is 2.51. The van der Waals surface area contributed by atoms with Gasteiger partial charge in [-0.1, -0.05) is 12.5 Å². The van der Waals surface area contributed by atoms with Crippen LogP contribution in [0.2, 0.25) is 0 Å². The molecule has 7 heteroatoms. The fourth-order valence-electron chi connectivity index (χ4n) is 2.70. The van der Waals surface area contributed by atoms with Crippen LogP contribution in [0.5, 0.6) is 0 Å². The molecule has 1 aliphatic heterocycles. The zero-order valence-corrected chi connectivity index (χ0v) is 14.0. The maximum absolute atomic E-state index is 12.7. The van der Waals surface area contributed by atoms with Gasteiger partial charge in [-0.2, -0.15) is 4.31 Å². The van der Waals surface area contributed by atoms with Gasteiger partial charge in [0.2, 0.25) is 10.0 Å². The van der Waals surface area contributed by atoms with Gasteiger partial charge >= 0.3 is 0 Å². The normalized spacial score (nSPS) is 15.8. The van der Waals surface area contributed by atoms with Crippen LogP contribution in [0.3, 0.4) is 0 Å². The zero-order chi connectivity index (χ0) is 17.0. The van der Waals surface area contributed by atoms with Crippen molar-refractivity contribution < 1.29 is 13.2 Å². The van der Waals surface area contributed by atoms with Crippen LogP contribution in [0.4, 0.5) is 5.69 Å². The van der Waals surface area contributed by atoms with Gasteiger partial charge in [-0.25, -0.2) is 8.42 Å². The highest BCUT2D eigenvalue weighted by Crippen LogP contribution is 2.23. The number of rotatable bonds is 4. The summed E-state index contributed by atoms with van der Waals surface area (Å²) in [7, 11) is -3.51. The Bertz CT molecular complexity index is 816. The molecule has 0 atom stereocenters. The van der Waals surface area contributed by atoms with Crippen LogP contribution in [-0.4, -0.2) is 36.7 Å². The van der Waals surface area contributed by atoms with E-state index >= 15 is 0 Å². The Hall–Kier alpha value is -2.25. The third-order valence-electron chi connectivity index (χ3n) is 3.99. The van der Waals surface area contributed by atoms with Gasteiger partial charge < -0.3 is 5.32 Å². The van der Waals surface area contributed by atoms with Crippen LogP contribution in [0, 0.1) is 0 Å². The molecule has 6 nitrogen and oxygen atoms in total. The first-order valence-corrected chi connectivity index (χ1v) is 9.33. The van der Waals surface area contributed by atoms with Crippen LogP contribution in [-0.2, 0) is 10.0 Å². The van der Waals surface area contributed by atoms with Gasteiger partial charge in [-0.15, -0.1) is 0 Å². The predicted molar refractivity (Wildman–Crippen MR) is 91.2 cm³/mol. The van der Waals surface area contributed by atoms with Gasteiger partial charge in [-0.05, 0) is 43.2 Å². The van der Waals surface area contributed by atoms with Gasteiger partial charge in [0.25, 0.3) is 5.91 Å². The van der Waals surface area contributed by atoms with Crippen molar-refractivity contribution in [3.63, 3.8) is 0 Å². The lowest BCUT2D eigenvalue weighted by Gasteiger charge is -2.26. The molecule has 0 radical (unpaired) electrons. The second-order valence-corrected chi connectivity index (χ2v) is 7.62. The molecule has 1 N–H and O–H groups in total. The van der Waals surface area contributed by atoms with Crippen molar-refractivity contribution in [2.75, 3.05) is 18.4 Å². The lowest BCUT2D eigenvalue weighted by atomic mass is 10.2. The average molecular weight is 345 g/mol. The number of anilines is 1. The van der Waals surface area contributed by atoms with Crippen LogP contribution in [0.15, 0.2) is 53.7 Å². The van der Waals surface area contributed by atoms with E-state index in [2.05, 4.69) is 10.3 Å². The molecular formula is C17H19N3O3S. The summed E-state index contributed by atoms with van der Waals surface area (Å²) in [6.45, 7) is 1.10. The van der Waals surface area contributed by atoms with Gasteiger partial charge in [0.05, 0.1) is 4.90 Å². The summed E-state index contributed by atoms with van der Waals surface area (Å²) in [5.41, 5.74) is 0.921. The van der Waals surface area contributed by atoms with E-state index < -0.39 is 10.0 Å². The fourth-order valence-corrected chi connectivity index (χ4v) is 4.26. The number of nitrogens with one attached hydrogen (secondary N) is 1. The highest BCUT2D eigenvalue weighted by molar-refractivity contribution is 7.89. The van der Waals surface area contributed by atoms with E-state index in [1.165, 1.54) is 22.8 Å². The SMILES string of the molecule is O=C(Nc1cccc(S(=O)(=O)N2CCCCC2)c1)c1ccncc1. The fraction of sp³-hybridized carbons (Fsp3) is 0.294. The lowest BCUT2D eigenvalue weighted by molar-refractivity contribution is 0.102. The van der Waals surface area contributed by atoms with Crippen molar-refractivity contribution in [3.8, 4) is 0 Å². The highest BCUT2D eigenvalue weighted by Gasteiger charge is 2.26. The molecule has 1 aromatic carbocycles. The van der Waals surface area contributed by atoms with Crippen molar-refractivity contribution in [2.24, 2.45) is 0 Å². The monoisotopic (exact) mass is 345 g/mol. The van der Waals surface area contributed by atoms with Crippen molar-refractivity contribution in [1.29, 1.82) is 0 Å². The Morgan fingerprint density at radius 2 is 1.75 bits per heavy atom. The summed E-state index contributed by atoms with van der Waals surface area (Å²) in [6.07, 6.45) is 5.90. The molecule has 0 unspecified atom stereocenters. The third-order valence-corrected chi connectivity index (χ3v) is 5.88. The Balaban J connectivity index is 1.80. The first kappa shape index (κ1) is 16.6. The van der Waals surface area contributed by atoms with Crippen molar-refractivity contribution in [2.45, 2.75) is 24.2 Å². The van der Waals surface area contributed by atoms with Crippen molar-refractivity contribution in [3.05, 3.63) is 54.4 Å². The Morgan fingerprint density at radius 1 is 1.04 bits per heavy atom. The molecule has 0 bridgehead atoms. The summed E-state index contributed by atoms with van der Waals surface area (Å²) < 4.78 is 26.9. The van der Waals surface area contributed by atoms with E-state index in [9.17, 15) is 13.2 Å². The Kier molecular flexibility index (Phi) is 4.92. The molecule has 1 aromatic heterocycles. The summed E-state index contributed by atoms with van der Waals surface area (Å²) in [6, 6.07) is 9.58. The van der Waals surface area contributed by atoms with E-state index in [1.54, 1.807) is 30.3 Å². The van der Waals surface area contributed by atoms with Crippen LogP contribution in [0.25, 0.3) is 0 Å². The third kappa shape index (κ3) is 3.63. The number of benzene rings is 1. The molecular weight excluding hydrogens is 326 g/mol. The number of hydrogen-bond donors (Lipinski definition) is 1. The van der Waals surface area contributed by atoms with Crippen LogP contribution < -0.4 is 5.32 Å². The number of sulfonamides is 1. The second-order valence-electron chi connectivity index (χ2n) is 5.68. The molecule has 24 heavy (non-hydrogen) atoms. The molecule has 1 aliphatic rings. The standard InChI is InChI=1S/C17H19N3O3S/c21-17(14-7-9-18-10-8-14)19-15-5-4-6-16(13-15)24(22,23)20-11-2-1-3-12-20/h4-10,13H,1-3,11-12H2,(H,19,21). The number of hydrogen-bond acceptors (Lipinski definition) is 4. The van der Waals surface area contributed by atoms with Crippen LogP contribution >= 0.6 is 0 Å². The molecule has 0 spiro atoms. The number of pyridine rings is 1. The van der Waals surface area contributed by atoms with E-state index in [1.807, 2.05) is 0 Å². The summed E-state index contributed by atoms with van der Waals surface area (Å²) >= 11 is 0. The van der Waals surface area contributed by atoms with Crippen molar-refractivity contribution in [1.82, 2.24) is 9.29 Å². The zero-order valence-electron chi connectivity index (χ0n) is 13.2. The maximum atomic E-state index is 12.7. The minimum Gasteiger partial charge on any atom is -0.322 e. The molecule has 2 heterocycles. The Labute approximate surface area is 141 Å². The summed E-state index contributed by atoms with van der Waals surface area (Å²) in [5, 5.41) is 2.72. The molecule has 126 valence electrons. The minimum absolute atomic E-state index is 0.205. The van der Waals surface area contributed by atoms with Gasteiger partial charge in [0.15, 0.2) is 0 Å². The quantitative estimate of drug-likeness (QED) is 0.923. The highest BCUT2D eigenvalue weighted by atomic mass is 32.2. The number of piperidine rings is 1. The molecule has 3 rings (SSSR count). The molecule has 1 fully saturated rings. The first-order chi connectivity index (χ1) is 11.6. The number of carbonyl (C=O) groups is 1. The second kappa shape index (κ2) is 7.11. The molecule has 2 aromatic rings. The molecule has 1 amide bonds. The molecule has 0 saturated carbocycles. The minimum atomic E-state index is -3.51. The average Bonchev–Trinajstić information content (AvgIpc) is 2.63. The van der Waals surface area contributed by atoms with E-state index in [0.29, 0.717) is 24.3 Å². The number of aromatic nitrogens is 1. The number of carbonyl (C=O) groups excluding carboxylic acids is 1.